The predicted molar refractivity (Wildman–Crippen MR) is 84.0 cm³/mol. The number of piperazine rings is 1. The highest BCUT2D eigenvalue weighted by Crippen LogP contribution is 2.21. The van der Waals surface area contributed by atoms with E-state index in [-0.39, 0.29) is 17.8 Å². The number of nitrogens with zero attached hydrogens (tertiary/aromatic N) is 2. The molecule has 1 aromatic rings. The first-order valence-electron chi connectivity index (χ1n) is 7.13. The van der Waals surface area contributed by atoms with Crippen molar-refractivity contribution in [1.29, 1.82) is 0 Å². The van der Waals surface area contributed by atoms with E-state index in [1.165, 1.54) is 17.8 Å². The lowest BCUT2D eigenvalue weighted by Gasteiger charge is -2.36. The van der Waals surface area contributed by atoms with Crippen LogP contribution in [0.2, 0.25) is 0 Å². The molecule has 4 nitrogen and oxygen atoms in total. The number of nitrogens with one attached hydrogen (secondary N) is 1. The lowest BCUT2D eigenvalue weighted by Crippen LogP contribution is -2.57. The molecule has 1 aromatic carbocycles. The lowest BCUT2D eigenvalue weighted by atomic mass is 10.1. The summed E-state index contributed by atoms with van der Waals surface area (Å²) in [6.45, 7) is 3.20. The van der Waals surface area contributed by atoms with Crippen LogP contribution in [0, 0.1) is 5.82 Å². The molecule has 1 fully saturated rings. The van der Waals surface area contributed by atoms with Crippen LogP contribution in [0.15, 0.2) is 29.2 Å². The minimum absolute atomic E-state index is 0.116. The van der Waals surface area contributed by atoms with Gasteiger partial charge >= 0.3 is 0 Å². The number of hydrogen-bond donors (Lipinski definition) is 1. The number of rotatable bonds is 5. The molecule has 21 heavy (non-hydrogen) atoms. The Labute approximate surface area is 129 Å². The van der Waals surface area contributed by atoms with Gasteiger partial charge in [0.05, 0.1) is 0 Å². The molecular weight excluding hydrogens is 289 g/mol. The molecule has 1 saturated heterocycles. The third-order valence-corrected chi connectivity index (χ3v) is 4.58. The van der Waals surface area contributed by atoms with Crippen LogP contribution in [-0.2, 0) is 4.79 Å². The molecular formula is C15H22FN3OS. The molecule has 1 aliphatic heterocycles. The average molecular weight is 311 g/mol. The zero-order valence-electron chi connectivity index (χ0n) is 12.5. The van der Waals surface area contributed by atoms with Crippen molar-refractivity contribution in [3.8, 4) is 0 Å². The van der Waals surface area contributed by atoms with Crippen LogP contribution in [0.4, 0.5) is 4.39 Å². The summed E-state index contributed by atoms with van der Waals surface area (Å²) in [7, 11) is 3.56. The van der Waals surface area contributed by atoms with Crippen molar-refractivity contribution in [2.45, 2.75) is 10.9 Å². The van der Waals surface area contributed by atoms with E-state index in [0.29, 0.717) is 11.4 Å². The van der Waals surface area contributed by atoms with Gasteiger partial charge in [-0.1, -0.05) is 12.1 Å². The molecule has 116 valence electrons. The van der Waals surface area contributed by atoms with E-state index in [1.54, 1.807) is 31.1 Å². The summed E-state index contributed by atoms with van der Waals surface area (Å²) in [4.78, 5) is 16.7. The normalized spacial score (nSPS) is 19.5. The molecule has 0 radical (unpaired) electrons. The Hall–Kier alpha value is -1.11. The highest BCUT2D eigenvalue weighted by molar-refractivity contribution is 7.99. The van der Waals surface area contributed by atoms with Crippen molar-refractivity contribution in [2.24, 2.45) is 0 Å². The summed E-state index contributed by atoms with van der Waals surface area (Å²) in [6, 6.07) is 6.69. The maximum absolute atomic E-state index is 13.6. The molecule has 2 rings (SSSR count). The summed E-state index contributed by atoms with van der Waals surface area (Å²) in [5, 5.41) is 3.26. The first kappa shape index (κ1) is 16.3. The van der Waals surface area contributed by atoms with Gasteiger partial charge in [0.2, 0.25) is 5.91 Å². The molecule has 0 aliphatic carbocycles. The Balaban J connectivity index is 1.88. The van der Waals surface area contributed by atoms with Gasteiger partial charge in [-0.2, -0.15) is 0 Å². The zero-order valence-corrected chi connectivity index (χ0v) is 13.3. The van der Waals surface area contributed by atoms with Gasteiger partial charge in [-0.15, -0.1) is 11.8 Å². The third kappa shape index (κ3) is 4.43. The molecule has 1 amide bonds. The molecule has 0 aromatic heterocycles. The van der Waals surface area contributed by atoms with Crippen LogP contribution < -0.4 is 5.32 Å². The molecule has 6 heteroatoms. The number of carbonyl (C=O) groups excluding carboxylic acids is 1. The number of likely N-dealkylation sites (N-methyl/N-ethyl adjacent to an activating group) is 1. The summed E-state index contributed by atoms with van der Waals surface area (Å²) in [5.74, 6) is 0.722. The number of hydrogen-bond acceptors (Lipinski definition) is 4. The van der Waals surface area contributed by atoms with Gasteiger partial charge < -0.3 is 10.2 Å². The standard InChI is InChI=1S/C15H22FN3OS/c1-18(2)15(20)13-11-17-7-8-19(13)9-10-21-14-6-4-3-5-12(14)16/h3-6,13,17H,7-11H2,1-2H3. The monoisotopic (exact) mass is 311 g/mol. The second-order valence-corrected chi connectivity index (χ2v) is 6.40. The van der Waals surface area contributed by atoms with Crippen molar-refractivity contribution in [1.82, 2.24) is 15.1 Å². The van der Waals surface area contributed by atoms with Gasteiger partial charge in [-0.25, -0.2) is 4.39 Å². The Morgan fingerprint density at radius 3 is 2.95 bits per heavy atom. The van der Waals surface area contributed by atoms with Crippen molar-refractivity contribution in [3.05, 3.63) is 30.1 Å². The predicted octanol–water partition coefficient (Wildman–Crippen LogP) is 1.28. The molecule has 1 unspecified atom stereocenters. The van der Waals surface area contributed by atoms with Crippen LogP contribution in [0.25, 0.3) is 0 Å². The first-order valence-corrected chi connectivity index (χ1v) is 8.11. The Bertz CT molecular complexity index is 484. The summed E-state index contributed by atoms with van der Waals surface area (Å²) < 4.78 is 13.6. The fourth-order valence-corrected chi connectivity index (χ4v) is 3.32. The van der Waals surface area contributed by atoms with Gasteiger partial charge in [0.25, 0.3) is 0 Å². The smallest absolute Gasteiger partial charge is 0.240 e. The van der Waals surface area contributed by atoms with Crippen LogP contribution in [-0.4, -0.2) is 67.8 Å². The molecule has 1 atom stereocenters. The molecule has 0 saturated carbocycles. The molecule has 0 bridgehead atoms. The van der Waals surface area contributed by atoms with Crippen molar-refractivity contribution < 1.29 is 9.18 Å². The van der Waals surface area contributed by atoms with Crippen LogP contribution in [0.1, 0.15) is 0 Å². The minimum Gasteiger partial charge on any atom is -0.347 e. The third-order valence-electron chi connectivity index (χ3n) is 3.55. The van der Waals surface area contributed by atoms with Gasteiger partial charge in [-0.05, 0) is 12.1 Å². The number of halogens is 1. The topological polar surface area (TPSA) is 35.6 Å². The van der Waals surface area contributed by atoms with Crippen molar-refractivity contribution in [2.75, 3.05) is 46.0 Å². The minimum atomic E-state index is -0.177. The van der Waals surface area contributed by atoms with Gasteiger partial charge in [0.1, 0.15) is 11.9 Å². The summed E-state index contributed by atoms with van der Waals surface area (Å²) in [6.07, 6.45) is 0. The fourth-order valence-electron chi connectivity index (χ4n) is 2.39. The molecule has 0 spiro atoms. The van der Waals surface area contributed by atoms with E-state index < -0.39 is 0 Å². The number of amides is 1. The van der Waals surface area contributed by atoms with E-state index in [4.69, 9.17) is 0 Å². The van der Waals surface area contributed by atoms with Crippen LogP contribution >= 0.6 is 11.8 Å². The van der Waals surface area contributed by atoms with E-state index in [0.717, 1.165) is 25.4 Å². The van der Waals surface area contributed by atoms with Crippen molar-refractivity contribution >= 4 is 17.7 Å². The molecule has 1 heterocycles. The number of carbonyl (C=O) groups is 1. The van der Waals surface area contributed by atoms with Crippen LogP contribution in [0.3, 0.4) is 0 Å². The molecule has 1 N–H and O–H groups in total. The fraction of sp³-hybridized carbons (Fsp3) is 0.533. The van der Waals surface area contributed by atoms with Crippen LogP contribution in [0.5, 0.6) is 0 Å². The quantitative estimate of drug-likeness (QED) is 0.831. The van der Waals surface area contributed by atoms with Crippen molar-refractivity contribution in [3.63, 3.8) is 0 Å². The summed E-state index contributed by atoms with van der Waals surface area (Å²) in [5.41, 5.74) is 0. The average Bonchev–Trinajstić information content (AvgIpc) is 2.49. The van der Waals surface area contributed by atoms with E-state index in [9.17, 15) is 9.18 Å². The lowest BCUT2D eigenvalue weighted by molar-refractivity contribution is -0.134. The largest absolute Gasteiger partial charge is 0.347 e. The van der Waals surface area contributed by atoms with E-state index in [1.807, 2.05) is 6.07 Å². The SMILES string of the molecule is CN(C)C(=O)C1CNCCN1CCSc1ccccc1F. The van der Waals surface area contributed by atoms with Gasteiger partial charge in [-0.3, -0.25) is 9.69 Å². The molecule has 1 aliphatic rings. The Morgan fingerprint density at radius 2 is 2.24 bits per heavy atom. The highest BCUT2D eigenvalue weighted by atomic mass is 32.2. The first-order chi connectivity index (χ1) is 10.1. The summed E-state index contributed by atoms with van der Waals surface area (Å²) >= 11 is 1.50. The number of benzene rings is 1. The Morgan fingerprint density at radius 1 is 1.48 bits per heavy atom. The van der Waals surface area contributed by atoms with Gasteiger partial charge in [0, 0.05) is 50.9 Å². The second kappa shape index (κ2) is 7.77. The Kier molecular flexibility index (Phi) is 6.02. The zero-order chi connectivity index (χ0) is 15.2. The van der Waals surface area contributed by atoms with Gasteiger partial charge in [0.15, 0.2) is 0 Å². The van der Waals surface area contributed by atoms with E-state index >= 15 is 0 Å². The van der Waals surface area contributed by atoms with E-state index in [2.05, 4.69) is 10.2 Å². The highest BCUT2D eigenvalue weighted by Gasteiger charge is 2.29. The number of thioether (sulfide) groups is 1. The second-order valence-electron chi connectivity index (χ2n) is 5.27. The maximum atomic E-state index is 13.6. The maximum Gasteiger partial charge on any atom is 0.240 e.